The number of anilines is 1. The molecule has 6 nitrogen and oxygen atoms in total. The normalized spacial score (nSPS) is 14.5. The number of nitrogens with one attached hydrogen (secondary N) is 2. The molecule has 0 saturated carbocycles. The molecule has 0 aliphatic carbocycles. The predicted molar refractivity (Wildman–Crippen MR) is 78.7 cm³/mol. The number of carbonyl (C=O) groups is 1. The number of hydrogen-bond donors (Lipinski definition) is 2. The average Bonchev–Trinajstić information content (AvgIpc) is 2.89. The van der Waals surface area contributed by atoms with Gasteiger partial charge in [0.2, 0.25) is 10.0 Å². The number of halogens is 3. The summed E-state index contributed by atoms with van der Waals surface area (Å²) in [5, 5.41) is 3.71. The van der Waals surface area contributed by atoms with Gasteiger partial charge in [0.25, 0.3) is 0 Å². The summed E-state index contributed by atoms with van der Waals surface area (Å²) in [6.07, 6.45) is -3.91. The highest BCUT2D eigenvalue weighted by molar-refractivity contribution is 7.92. The minimum atomic E-state index is -4.51. The van der Waals surface area contributed by atoms with Crippen LogP contribution in [0.5, 0.6) is 0 Å². The number of amides is 2. The Labute approximate surface area is 131 Å². The van der Waals surface area contributed by atoms with Crippen LogP contribution in [0.4, 0.5) is 23.7 Å². The summed E-state index contributed by atoms with van der Waals surface area (Å²) in [5.41, 5.74) is 1.53. The Balaban J connectivity index is 1.85. The van der Waals surface area contributed by atoms with E-state index >= 15 is 0 Å². The smallest absolute Gasteiger partial charge is 0.337 e. The molecule has 0 aromatic heterocycles. The van der Waals surface area contributed by atoms with Gasteiger partial charge >= 0.3 is 12.2 Å². The SMILES string of the molecule is O=C(NCCS(=O)(=O)N1CCc2ccccc21)NCC(F)(F)F. The van der Waals surface area contributed by atoms with E-state index in [0.29, 0.717) is 18.7 Å². The molecular formula is C13H16F3N3O3S. The second-order valence-corrected chi connectivity index (χ2v) is 7.00. The number of carbonyl (C=O) groups excluding carboxylic acids is 1. The molecule has 23 heavy (non-hydrogen) atoms. The van der Waals surface area contributed by atoms with Crippen molar-refractivity contribution in [3.05, 3.63) is 29.8 Å². The van der Waals surface area contributed by atoms with Crippen LogP contribution in [0.3, 0.4) is 0 Å². The molecule has 1 aromatic rings. The Bertz CT molecular complexity index is 677. The van der Waals surface area contributed by atoms with Crippen molar-refractivity contribution in [2.45, 2.75) is 12.6 Å². The monoisotopic (exact) mass is 351 g/mol. The molecule has 0 spiro atoms. The Morgan fingerprint density at radius 2 is 1.91 bits per heavy atom. The van der Waals surface area contributed by atoms with Crippen LogP contribution in [0.15, 0.2) is 24.3 Å². The third-order valence-corrected chi connectivity index (χ3v) is 5.05. The van der Waals surface area contributed by atoms with E-state index in [0.717, 1.165) is 5.56 Å². The summed E-state index contributed by atoms with van der Waals surface area (Å²) in [7, 11) is -3.64. The van der Waals surface area contributed by atoms with E-state index in [9.17, 15) is 26.4 Å². The highest BCUT2D eigenvalue weighted by atomic mass is 32.2. The van der Waals surface area contributed by atoms with Crippen molar-refractivity contribution in [2.75, 3.05) is 29.7 Å². The number of para-hydroxylation sites is 1. The molecule has 0 unspecified atom stereocenters. The summed E-state index contributed by atoms with van der Waals surface area (Å²) in [6, 6.07) is 6.04. The Morgan fingerprint density at radius 3 is 2.61 bits per heavy atom. The fraction of sp³-hybridized carbons (Fsp3) is 0.462. The molecule has 2 rings (SSSR count). The van der Waals surface area contributed by atoms with Crippen molar-refractivity contribution in [1.82, 2.24) is 10.6 Å². The first-order valence-electron chi connectivity index (χ1n) is 6.86. The number of nitrogens with zero attached hydrogens (tertiary/aromatic N) is 1. The molecular weight excluding hydrogens is 335 g/mol. The minimum Gasteiger partial charge on any atom is -0.337 e. The molecule has 10 heteroatoms. The number of alkyl halides is 3. The Kier molecular flexibility index (Phi) is 5.03. The fourth-order valence-corrected chi connectivity index (χ4v) is 3.67. The van der Waals surface area contributed by atoms with Gasteiger partial charge in [-0.2, -0.15) is 13.2 Å². The van der Waals surface area contributed by atoms with Gasteiger partial charge in [0.1, 0.15) is 6.54 Å². The lowest BCUT2D eigenvalue weighted by Gasteiger charge is -2.19. The highest BCUT2D eigenvalue weighted by Crippen LogP contribution is 2.29. The first-order valence-corrected chi connectivity index (χ1v) is 8.47. The molecule has 128 valence electrons. The van der Waals surface area contributed by atoms with E-state index < -0.39 is 28.8 Å². The topological polar surface area (TPSA) is 78.5 Å². The van der Waals surface area contributed by atoms with Gasteiger partial charge < -0.3 is 10.6 Å². The second kappa shape index (κ2) is 6.65. The zero-order valence-corrected chi connectivity index (χ0v) is 12.9. The summed E-state index contributed by atoms with van der Waals surface area (Å²) in [4.78, 5) is 11.2. The van der Waals surface area contributed by atoms with Crippen molar-refractivity contribution < 1.29 is 26.4 Å². The minimum absolute atomic E-state index is 0.273. The van der Waals surface area contributed by atoms with Crippen LogP contribution in [0.2, 0.25) is 0 Å². The van der Waals surface area contributed by atoms with Gasteiger partial charge in [-0.1, -0.05) is 18.2 Å². The van der Waals surface area contributed by atoms with Crippen LogP contribution in [-0.2, 0) is 16.4 Å². The molecule has 0 fully saturated rings. The van der Waals surface area contributed by atoms with E-state index in [1.54, 1.807) is 17.4 Å². The van der Waals surface area contributed by atoms with Crippen molar-refractivity contribution in [2.24, 2.45) is 0 Å². The second-order valence-electron chi connectivity index (χ2n) is 4.99. The van der Waals surface area contributed by atoms with Crippen LogP contribution in [-0.4, -0.2) is 46.0 Å². The predicted octanol–water partition coefficient (Wildman–Crippen LogP) is 1.24. The van der Waals surface area contributed by atoms with Crippen molar-refractivity contribution >= 4 is 21.7 Å². The maximum absolute atomic E-state index is 12.3. The highest BCUT2D eigenvalue weighted by Gasteiger charge is 2.29. The van der Waals surface area contributed by atoms with Gasteiger partial charge in [-0.05, 0) is 18.1 Å². The molecule has 1 aliphatic rings. The number of sulfonamides is 1. The molecule has 2 N–H and O–H groups in total. The van der Waals surface area contributed by atoms with Crippen LogP contribution >= 0.6 is 0 Å². The van der Waals surface area contributed by atoms with Crippen molar-refractivity contribution in [3.8, 4) is 0 Å². The molecule has 0 radical (unpaired) electrons. The van der Waals surface area contributed by atoms with Gasteiger partial charge in [0.15, 0.2) is 0 Å². The van der Waals surface area contributed by atoms with Gasteiger partial charge in [-0.3, -0.25) is 4.31 Å². The van der Waals surface area contributed by atoms with Crippen LogP contribution in [0, 0.1) is 0 Å². The zero-order chi connectivity index (χ0) is 17.1. The van der Waals surface area contributed by atoms with E-state index in [2.05, 4.69) is 5.32 Å². The third-order valence-electron chi connectivity index (χ3n) is 3.28. The quantitative estimate of drug-likeness (QED) is 0.838. The lowest BCUT2D eigenvalue weighted by Crippen LogP contribution is -2.43. The average molecular weight is 351 g/mol. The lowest BCUT2D eigenvalue weighted by molar-refractivity contribution is -0.122. The first-order chi connectivity index (χ1) is 10.7. The third kappa shape index (κ3) is 4.75. The van der Waals surface area contributed by atoms with Gasteiger partial charge in [0.05, 0.1) is 11.4 Å². The Morgan fingerprint density at radius 1 is 1.22 bits per heavy atom. The van der Waals surface area contributed by atoms with Crippen molar-refractivity contribution in [3.63, 3.8) is 0 Å². The zero-order valence-electron chi connectivity index (χ0n) is 12.1. The summed E-state index contributed by atoms with van der Waals surface area (Å²) < 4.78 is 61.6. The van der Waals surface area contributed by atoms with Crippen LogP contribution in [0.1, 0.15) is 5.56 Å². The number of benzene rings is 1. The molecule has 1 aliphatic heterocycles. The molecule has 1 aromatic carbocycles. The summed E-state index contributed by atoms with van der Waals surface area (Å²) in [6.45, 7) is -1.42. The number of urea groups is 1. The molecule has 0 bridgehead atoms. The van der Waals surface area contributed by atoms with Gasteiger partial charge in [-0.15, -0.1) is 0 Å². The first kappa shape index (κ1) is 17.4. The van der Waals surface area contributed by atoms with E-state index in [1.165, 1.54) is 4.31 Å². The standard InChI is InChI=1S/C13H16F3N3O3S/c14-13(15,16)9-18-12(20)17-6-8-23(21,22)19-7-5-10-3-1-2-4-11(10)19/h1-4H,5-9H2,(H2,17,18,20). The molecule has 1 heterocycles. The van der Waals surface area contributed by atoms with Crippen molar-refractivity contribution in [1.29, 1.82) is 0 Å². The molecule has 2 amide bonds. The Hall–Kier alpha value is -1.97. The number of fused-ring (bicyclic) bond motifs is 1. The van der Waals surface area contributed by atoms with Crippen LogP contribution in [0.25, 0.3) is 0 Å². The number of hydrogen-bond acceptors (Lipinski definition) is 3. The molecule has 0 atom stereocenters. The maximum atomic E-state index is 12.3. The lowest BCUT2D eigenvalue weighted by atomic mass is 10.2. The van der Waals surface area contributed by atoms with E-state index in [-0.39, 0.29) is 12.3 Å². The van der Waals surface area contributed by atoms with Crippen LogP contribution < -0.4 is 14.9 Å². The largest absolute Gasteiger partial charge is 0.405 e. The summed E-state index contributed by atoms with van der Waals surface area (Å²) in [5.74, 6) is -0.388. The molecule has 0 saturated heterocycles. The fourth-order valence-electron chi connectivity index (χ4n) is 2.24. The van der Waals surface area contributed by atoms with Gasteiger partial charge in [0, 0.05) is 13.1 Å². The van der Waals surface area contributed by atoms with Gasteiger partial charge in [-0.25, -0.2) is 13.2 Å². The maximum Gasteiger partial charge on any atom is 0.405 e. The summed E-state index contributed by atoms with van der Waals surface area (Å²) >= 11 is 0. The van der Waals surface area contributed by atoms with E-state index in [4.69, 9.17) is 0 Å². The number of rotatable bonds is 5. The van der Waals surface area contributed by atoms with E-state index in [1.807, 2.05) is 12.1 Å².